The lowest BCUT2D eigenvalue weighted by Crippen LogP contribution is -1.80. The first-order valence-electron chi connectivity index (χ1n) is 3.19. The van der Waals surface area contributed by atoms with Gasteiger partial charge in [-0.2, -0.15) is 0 Å². The summed E-state index contributed by atoms with van der Waals surface area (Å²) in [5.41, 5.74) is 1.63. The Morgan fingerprint density at radius 2 is 2.36 bits per heavy atom. The minimum Gasteiger partial charge on any atom is -0.298 e. The number of hydrogen-bond acceptors (Lipinski definition) is 3. The molecule has 0 saturated carbocycles. The molecule has 0 spiro atoms. The zero-order chi connectivity index (χ0) is 7.68. The highest BCUT2D eigenvalue weighted by Gasteiger charge is 1.99. The molecule has 0 amide bonds. The van der Waals surface area contributed by atoms with Gasteiger partial charge in [-0.1, -0.05) is 0 Å². The van der Waals surface area contributed by atoms with Crippen molar-refractivity contribution in [2.24, 2.45) is 0 Å². The maximum Gasteiger partial charge on any atom is 0.151 e. The van der Waals surface area contributed by atoms with Crippen molar-refractivity contribution >= 4 is 27.8 Å². The van der Waals surface area contributed by atoms with Crippen LogP contribution >= 0.6 is 11.3 Å². The zero-order valence-corrected chi connectivity index (χ0v) is 6.47. The van der Waals surface area contributed by atoms with E-state index in [0.717, 1.165) is 22.1 Å². The molecule has 0 unspecified atom stereocenters. The average Bonchev–Trinajstić information content (AvgIpc) is 2.50. The molecule has 0 atom stereocenters. The van der Waals surface area contributed by atoms with Crippen molar-refractivity contribution in [3.63, 3.8) is 0 Å². The van der Waals surface area contributed by atoms with Gasteiger partial charge < -0.3 is 0 Å². The van der Waals surface area contributed by atoms with E-state index in [0.29, 0.717) is 0 Å². The van der Waals surface area contributed by atoms with E-state index >= 15 is 0 Å². The number of pyridine rings is 1. The number of aromatic nitrogens is 1. The molecule has 0 radical (unpaired) electrons. The van der Waals surface area contributed by atoms with Crippen LogP contribution in [0.2, 0.25) is 0 Å². The van der Waals surface area contributed by atoms with Gasteiger partial charge in [0.05, 0.1) is 10.2 Å². The molecule has 2 heterocycles. The third kappa shape index (κ3) is 0.935. The zero-order valence-electron chi connectivity index (χ0n) is 5.65. The molecule has 0 saturated heterocycles. The fourth-order valence-corrected chi connectivity index (χ4v) is 1.81. The Hall–Kier alpha value is -1.22. The molecule has 0 bridgehead atoms. The number of thiophene rings is 1. The van der Waals surface area contributed by atoms with E-state index in [2.05, 4.69) is 4.98 Å². The maximum absolute atomic E-state index is 10.5. The van der Waals surface area contributed by atoms with Crippen molar-refractivity contribution in [2.75, 3.05) is 0 Å². The summed E-state index contributed by atoms with van der Waals surface area (Å²) in [5.74, 6) is 0. The Labute approximate surface area is 67.5 Å². The Balaban J connectivity index is 2.88. The van der Waals surface area contributed by atoms with Gasteiger partial charge in [0.2, 0.25) is 0 Å². The standard InChI is InChI=1S/C8H5NOS/c10-5-6-1-3-9-7-2-4-11-8(6)7/h1-5H. The highest BCUT2D eigenvalue weighted by atomic mass is 32.1. The largest absolute Gasteiger partial charge is 0.298 e. The molecule has 2 aromatic rings. The fraction of sp³-hybridized carbons (Fsp3) is 0. The Morgan fingerprint density at radius 1 is 1.45 bits per heavy atom. The van der Waals surface area contributed by atoms with Crippen LogP contribution in [0.4, 0.5) is 0 Å². The Morgan fingerprint density at radius 3 is 3.18 bits per heavy atom. The first-order chi connectivity index (χ1) is 5.42. The van der Waals surface area contributed by atoms with Crippen LogP contribution in [0.1, 0.15) is 10.4 Å². The van der Waals surface area contributed by atoms with Crippen molar-refractivity contribution in [3.05, 3.63) is 29.3 Å². The summed E-state index contributed by atoms with van der Waals surface area (Å²) >= 11 is 1.54. The van der Waals surface area contributed by atoms with Crippen molar-refractivity contribution in [2.45, 2.75) is 0 Å². The van der Waals surface area contributed by atoms with Crippen LogP contribution in [0, 0.1) is 0 Å². The van der Waals surface area contributed by atoms with Crippen molar-refractivity contribution in [1.29, 1.82) is 0 Å². The topological polar surface area (TPSA) is 30.0 Å². The van der Waals surface area contributed by atoms with Gasteiger partial charge in [-0.15, -0.1) is 11.3 Å². The molecular weight excluding hydrogens is 158 g/mol. The summed E-state index contributed by atoms with van der Waals surface area (Å²) in [5, 5.41) is 1.94. The minimum absolute atomic E-state index is 0.727. The molecule has 3 heteroatoms. The smallest absolute Gasteiger partial charge is 0.151 e. The average molecular weight is 163 g/mol. The van der Waals surface area contributed by atoms with Crippen LogP contribution in [-0.4, -0.2) is 11.3 Å². The van der Waals surface area contributed by atoms with Crippen LogP contribution in [0.25, 0.3) is 10.2 Å². The van der Waals surface area contributed by atoms with E-state index in [9.17, 15) is 4.79 Å². The number of fused-ring (bicyclic) bond motifs is 1. The first-order valence-corrected chi connectivity index (χ1v) is 4.07. The van der Waals surface area contributed by atoms with Crippen molar-refractivity contribution in [1.82, 2.24) is 4.98 Å². The van der Waals surface area contributed by atoms with Crippen LogP contribution < -0.4 is 0 Å². The van der Waals surface area contributed by atoms with E-state index in [1.54, 1.807) is 23.6 Å². The second kappa shape index (κ2) is 2.43. The number of carbonyl (C=O) groups excluding carboxylic acids is 1. The molecule has 54 valence electrons. The third-order valence-electron chi connectivity index (χ3n) is 1.50. The van der Waals surface area contributed by atoms with E-state index in [1.807, 2.05) is 11.4 Å². The number of carbonyl (C=O) groups is 1. The van der Waals surface area contributed by atoms with Crippen LogP contribution in [0.3, 0.4) is 0 Å². The predicted molar refractivity (Wildman–Crippen MR) is 45.0 cm³/mol. The SMILES string of the molecule is O=Cc1ccnc2ccsc12. The van der Waals surface area contributed by atoms with E-state index in [4.69, 9.17) is 0 Å². The van der Waals surface area contributed by atoms with Gasteiger partial charge in [0.25, 0.3) is 0 Å². The van der Waals surface area contributed by atoms with Gasteiger partial charge in [0.15, 0.2) is 6.29 Å². The molecule has 0 aromatic carbocycles. The molecule has 0 fully saturated rings. The fourth-order valence-electron chi connectivity index (χ4n) is 0.987. The molecule has 2 aromatic heterocycles. The Bertz CT molecular complexity index is 394. The quantitative estimate of drug-likeness (QED) is 0.602. The summed E-state index contributed by atoms with van der Waals surface area (Å²) in [6, 6.07) is 3.64. The second-order valence-corrected chi connectivity index (χ2v) is 3.07. The number of aldehydes is 1. The van der Waals surface area contributed by atoms with E-state index in [-0.39, 0.29) is 0 Å². The maximum atomic E-state index is 10.5. The number of rotatable bonds is 1. The molecule has 2 nitrogen and oxygen atoms in total. The van der Waals surface area contributed by atoms with Gasteiger partial charge in [-0.3, -0.25) is 9.78 Å². The van der Waals surface area contributed by atoms with Crippen LogP contribution in [0.15, 0.2) is 23.7 Å². The highest BCUT2D eigenvalue weighted by Crippen LogP contribution is 2.20. The van der Waals surface area contributed by atoms with Crippen molar-refractivity contribution < 1.29 is 4.79 Å². The summed E-state index contributed by atoms with van der Waals surface area (Å²) in [6.45, 7) is 0. The van der Waals surface area contributed by atoms with E-state index in [1.165, 1.54) is 0 Å². The molecule has 0 aliphatic heterocycles. The van der Waals surface area contributed by atoms with Gasteiger partial charge >= 0.3 is 0 Å². The lowest BCUT2D eigenvalue weighted by Gasteiger charge is -1.89. The Kier molecular flexibility index (Phi) is 1.43. The van der Waals surface area contributed by atoms with Gasteiger partial charge in [0, 0.05) is 11.8 Å². The number of nitrogens with zero attached hydrogens (tertiary/aromatic N) is 1. The van der Waals surface area contributed by atoms with Gasteiger partial charge in [-0.25, -0.2) is 0 Å². The summed E-state index contributed by atoms with van der Waals surface area (Å²) in [6.07, 6.45) is 2.51. The van der Waals surface area contributed by atoms with Crippen LogP contribution in [0.5, 0.6) is 0 Å². The molecule has 0 aliphatic carbocycles. The first kappa shape index (κ1) is 6.49. The summed E-state index contributed by atoms with van der Waals surface area (Å²) in [7, 11) is 0. The lowest BCUT2D eigenvalue weighted by molar-refractivity contribution is 0.112. The third-order valence-corrected chi connectivity index (χ3v) is 2.45. The normalized spacial score (nSPS) is 10.2. The molecule has 2 rings (SSSR count). The molecule has 0 N–H and O–H groups in total. The second-order valence-electron chi connectivity index (χ2n) is 2.15. The molecule has 0 aliphatic rings. The van der Waals surface area contributed by atoms with E-state index < -0.39 is 0 Å². The molecular formula is C8H5NOS. The lowest BCUT2D eigenvalue weighted by atomic mass is 10.3. The highest BCUT2D eigenvalue weighted by molar-refractivity contribution is 7.17. The predicted octanol–water partition coefficient (Wildman–Crippen LogP) is 2.11. The van der Waals surface area contributed by atoms with Crippen molar-refractivity contribution in [3.8, 4) is 0 Å². The number of hydrogen-bond donors (Lipinski definition) is 0. The van der Waals surface area contributed by atoms with Gasteiger partial charge in [-0.05, 0) is 17.5 Å². The molecule has 11 heavy (non-hydrogen) atoms. The van der Waals surface area contributed by atoms with Crippen LogP contribution in [-0.2, 0) is 0 Å². The summed E-state index contributed by atoms with van der Waals surface area (Å²) in [4.78, 5) is 14.6. The minimum atomic E-state index is 0.727. The monoisotopic (exact) mass is 163 g/mol. The summed E-state index contributed by atoms with van der Waals surface area (Å²) < 4.78 is 0.975. The van der Waals surface area contributed by atoms with Gasteiger partial charge in [0.1, 0.15) is 0 Å².